The molecule has 4 heteroatoms. The van der Waals surface area contributed by atoms with Gasteiger partial charge in [0.1, 0.15) is 6.04 Å². The van der Waals surface area contributed by atoms with Gasteiger partial charge in [0.15, 0.2) is 0 Å². The van der Waals surface area contributed by atoms with Crippen molar-refractivity contribution in [1.82, 2.24) is 5.32 Å². The Balaban J connectivity index is 4.30. The van der Waals surface area contributed by atoms with Crippen LogP contribution in [-0.2, 0) is 4.79 Å². The van der Waals surface area contributed by atoms with Crippen LogP contribution in [0.25, 0.3) is 0 Å². The lowest BCUT2D eigenvalue weighted by Crippen LogP contribution is -2.57. The van der Waals surface area contributed by atoms with Gasteiger partial charge < -0.3 is 16.2 Å². The van der Waals surface area contributed by atoms with Crippen LogP contribution in [0.3, 0.4) is 0 Å². The van der Waals surface area contributed by atoms with Crippen LogP contribution < -0.4 is 11.1 Å². The summed E-state index contributed by atoms with van der Waals surface area (Å²) in [4.78, 5) is 11.4. The number of aliphatic hydroxyl groups is 1. The minimum Gasteiger partial charge on any atom is -0.388 e. The Morgan fingerprint density at radius 2 is 1.69 bits per heavy atom. The van der Waals surface area contributed by atoms with Gasteiger partial charge in [0.25, 0.3) is 0 Å². The molecular formula is C9H20N2O2. The lowest BCUT2D eigenvalue weighted by Gasteiger charge is -2.28. The molecule has 0 saturated heterocycles. The van der Waals surface area contributed by atoms with Gasteiger partial charge in [0.05, 0.1) is 5.60 Å². The molecule has 0 aliphatic rings. The maximum atomic E-state index is 11.4. The third kappa shape index (κ3) is 4.85. The summed E-state index contributed by atoms with van der Waals surface area (Å²) >= 11 is 0. The molecule has 1 amide bonds. The molecule has 0 aromatic carbocycles. The molecule has 1 atom stereocenters. The van der Waals surface area contributed by atoms with E-state index in [0.717, 1.165) is 0 Å². The highest BCUT2D eigenvalue weighted by molar-refractivity contribution is 5.83. The van der Waals surface area contributed by atoms with Crippen molar-refractivity contribution in [1.29, 1.82) is 0 Å². The normalized spacial score (nSPS) is 15.3. The third-order valence-electron chi connectivity index (χ3n) is 1.54. The first-order valence-electron chi connectivity index (χ1n) is 4.34. The number of hydrogen-bond donors (Lipinski definition) is 3. The monoisotopic (exact) mass is 188 g/mol. The summed E-state index contributed by atoms with van der Waals surface area (Å²) in [5.74, 6) is -0.333. The Kier molecular flexibility index (Phi) is 3.47. The zero-order chi connectivity index (χ0) is 10.9. The summed E-state index contributed by atoms with van der Waals surface area (Å²) in [6, 6.07) is -0.897. The summed E-state index contributed by atoms with van der Waals surface area (Å²) in [6.07, 6.45) is 0. The molecule has 0 bridgehead atoms. The van der Waals surface area contributed by atoms with E-state index >= 15 is 0 Å². The highest BCUT2D eigenvalue weighted by Gasteiger charge is 2.31. The second-order valence-electron chi connectivity index (χ2n) is 4.87. The van der Waals surface area contributed by atoms with Gasteiger partial charge in [-0.25, -0.2) is 0 Å². The van der Waals surface area contributed by atoms with Crippen molar-refractivity contribution in [2.45, 2.75) is 51.8 Å². The standard InChI is InChI=1S/C9H20N2O2/c1-8(2,3)11-7(12)6(10)9(4,5)13/h6,13H,10H2,1-5H3,(H,11,12)/t6-/m1/s1. The molecule has 78 valence electrons. The predicted molar refractivity (Wildman–Crippen MR) is 52.2 cm³/mol. The number of rotatable bonds is 2. The van der Waals surface area contributed by atoms with Crippen LogP contribution in [0.5, 0.6) is 0 Å². The molecule has 0 spiro atoms. The minimum absolute atomic E-state index is 0.319. The number of carbonyl (C=O) groups is 1. The van der Waals surface area contributed by atoms with Gasteiger partial charge in [-0.2, -0.15) is 0 Å². The molecular weight excluding hydrogens is 168 g/mol. The quantitative estimate of drug-likeness (QED) is 0.571. The predicted octanol–water partition coefficient (Wildman–Crippen LogP) is -0.000700. The van der Waals surface area contributed by atoms with Crippen molar-refractivity contribution in [3.8, 4) is 0 Å². The topological polar surface area (TPSA) is 75.4 Å². The van der Waals surface area contributed by atoms with E-state index in [0.29, 0.717) is 0 Å². The summed E-state index contributed by atoms with van der Waals surface area (Å²) < 4.78 is 0. The maximum absolute atomic E-state index is 11.4. The van der Waals surface area contributed by atoms with Crippen LogP contribution in [0.1, 0.15) is 34.6 Å². The molecule has 4 N–H and O–H groups in total. The first-order chi connectivity index (χ1) is 5.54. The van der Waals surface area contributed by atoms with Crippen LogP contribution >= 0.6 is 0 Å². The fourth-order valence-electron chi connectivity index (χ4n) is 0.768. The number of amides is 1. The molecule has 4 nitrogen and oxygen atoms in total. The summed E-state index contributed by atoms with van der Waals surface area (Å²) in [7, 11) is 0. The van der Waals surface area contributed by atoms with E-state index in [4.69, 9.17) is 5.73 Å². The average Bonchev–Trinajstić information content (AvgIpc) is 1.79. The fraction of sp³-hybridized carbons (Fsp3) is 0.889. The Labute approximate surface area is 79.5 Å². The smallest absolute Gasteiger partial charge is 0.240 e. The molecule has 0 aliphatic heterocycles. The summed E-state index contributed by atoms with van der Waals surface area (Å²) in [5, 5.41) is 12.2. The summed E-state index contributed by atoms with van der Waals surface area (Å²) in [5.41, 5.74) is 4.03. The highest BCUT2D eigenvalue weighted by atomic mass is 16.3. The van der Waals surface area contributed by atoms with E-state index < -0.39 is 11.6 Å². The number of nitrogens with one attached hydrogen (secondary N) is 1. The molecule has 0 aromatic rings. The van der Waals surface area contributed by atoms with Crippen LogP contribution in [0.4, 0.5) is 0 Å². The minimum atomic E-state index is -1.19. The Morgan fingerprint density at radius 3 is 1.92 bits per heavy atom. The highest BCUT2D eigenvalue weighted by Crippen LogP contribution is 2.08. The fourth-order valence-corrected chi connectivity index (χ4v) is 0.768. The van der Waals surface area contributed by atoms with Gasteiger partial charge in [-0.05, 0) is 34.6 Å². The number of carbonyl (C=O) groups excluding carboxylic acids is 1. The molecule has 0 rings (SSSR count). The molecule has 0 aromatic heterocycles. The van der Waals surface area contributed by atoms with Crippen molar-refractivity contribution in [2.75, 3.05) is 0 Å². The molecule has 13 heavy (non-hydrogen) atoms. The van der Waals surface area contributed by atoms with Crippen LogP contribution in [-0.4, -0.2) is 28.2 Å². The van der Waals surface area contributed by atoms with Gasteiger partial charge in [-0.1, -0.05) is 0 Å². The molecule has 0 aliphatic carbocycles. The Hall–Kier alpha value is -0.610. The molecule has 0 radical (unpaired) electrons. The van der Waals surface area contributed by atoms with Crippen molar-refractivity contribution >= 4 is 5.91 Å². The van der Waals surface area contributed by atoms with E-state index in [2.05, 4.69) is 5.32 Å². The van der Waals surface area contributed by atoms with E-state index in [1.165, 1.54) is 13.8 Å². The second-order valence-corrected chi connectivity index (χ2v) is 4.87. The van der Waals surface area contributed by atoms with Crippen molar-refractivity contribution in [3.63, 3.8) is 0 Å². The van der Waals surface area contributed by atoms with Crippen LogP contribution in [0.15, 0.2) is 0 Å². The van der Waals surface area contributed by atoms with E-state index in [1.54, 1.807) is 0 Å². The van der Waals surface area contributed by atoms with Gasteiger partial charge >= 0.3 is 0 Å². The van der Waals surface area contributed by atoms with Gasteiger partial charge in [-0.3, -0.25) is 4.79 Å². The molecule has 0 fully saturated rings. The van der Waals surface area contributed by atoms with Crippen molar-refractivity contribution < 1.29 is 9.90 Å². The first kappa shape index (κ1) is 12.4. The maximum Gasteiger partial charge on any atom is 0.240 e. The molecule has 0 heterocycles. The number of hydrogen-bond acceptors (Lipinski definition) is 3. The molecule has 0 saturated carbocycles. The largest absolute Gasteiger partial charge is 0.388 e. The lowest BCUT2D eigenvalue weighted by atomic mass is 9.98. The zero-order valence-electron chi connectivity index (χ0n) is 9.01. The van der Waals surface area contributed by atoms with Gasteiger partial charge in [0, 0.05) is 5.54 Å². The Morgan fingerprint density at radius 1 is 1.31 bits per heavy atom. The molecule has 0 unspecified atom stereocenters. The zero-order valence-corrected chi connectivity index (χ0v) is 9.01. The SMILES string of the molecule is CC(C)(C)NC(=O)[C@@H](N)C(C)(C)O. The van der Waals surface area contributed by atoms with Crippen LogP contribution in [0, 0.1) is 0 Å². The van der Waals surface area contributed by atoms with Crippen molar-refractivity contribution in [2.24, 2.45) is 5.73 Å². The van der Waals surface area contributed by atoms with Crippen molar-refractivity contribution in [3.05, 3.63) is 0 Å². The number of nitrogens with two attached hydrogens (primary N) is 1. The van der Waals surface area contributed by atoms with E-state index in [1.807, 2.05) is 20.8 Å². The van der Waals surface area contributed by atoms with Crippen LogP contribution in [0.2, 0.25) is 0 Å². The van der Waals surface area contributed by atoms with E-state index in [-0.39, 0.29) is 11.4 Å². The average molecular weight is 188 g/mol. The lowest BCUT2D eigenvalue weighted by molar-refractivity contribution is -0.128. The third-order valence-corrected chi connectivity index (χ3v) is 1.54. The van der Waals surface area contributed by atoms with E-state index in [9.17, 15) is 9.90 Å². The van der Waals surface area contributed by atoms with Gasteiger partial charge in [-0.15, -0.1) is 0 Å². The van der Waals surface area contributed by atoms with Gasteiger partial charge in [0.2, 0.25) is 5.91 Å². The first-order valence-corrected chi connectivity index (χ1v) is 4.34. The summed E-state index contributed by atoms with van der Waals surface area (Å²) in [6.45, 7) is 8.62. The second kappa shape index (κ2) is 3.64. The Bertz CT molecular complexity index is 189.